The van der Waals surface area contributed by atoms with Crippen molar-refractivity contribution in [2.24, 2.45) is 40.4 Å². The normalized spacial score (nSPS) is 52.2. The number of methoxy groups -OCH3 is 1. The molecule has 0 radical (unpaired) electrons. The van der Waals surface area contributed by atoms with Crippen LogP contribution in [0, 0.1) is 40.4 Å². The Balaban J connectivity index is 1.60. The molecular formula is C22H35BrO2. The lowest BCUT2D eigenvalue weighted by molar-refractivity contribution is -0.142. The van der Waals surface area contributed by atoms with Gasteiger partial charge in [-0.15, -0.1) is 0 Å². The van der Waals surface area contributed by atoms with Crippen LogP contribution >= 0.6 is 15.9 Å². The Morgan fingerprint density at radius 2 is 1.72 bits per heavy atom. The number of hydrogen-bond acceptors (Lipinski definition) is 2. The molecule has 4 fully saturated rings. The van der Waals surface area contributed by atoms with E-state index in [1.807, 2.05) is 7.11 Å². The zero-order chi connectivity index (χ0) is 17.8. The van der Waals surface area contributed by atoms with Gasteiger partial charge in [0.1, 0.15) is 5.78 Å². The fraction of sp³-hybridized carbons (Fsp3) is 0.955. The average molecular weight is 411 g/mol. The SMILES string of the molecule is COC1CCC2CCC3C(CCC4(C)C(C(=O)CBr)CCC34)C2(C)C1. The van der Waals surface area contributed by atoms with Gasteiger partial charge in [-0.05, 0) is 92.3 Å². The molecule has 0 aliphatic heterocycles. The van der Waals surface area contributed by atoms with Crippen molar-refractivity contribution in [1.82, 2.24) is 0 Å². The number of ketones is 1. The fourth-order valence-electron chi connectivity index (χ4n) is 8.13. The molecule has 4 aliphatic carbocycles. The van der Waals surface area contributed by atoms with E-state index in [4.69, 9.17) is 4.74 Å². The first-order chi connectivity index (χ1) is 11.9. The van der Waals surface area contributed by atoms with Gasteiger partial charge >= 0.3 is 0 Å². The zero-order valence-electron chi connectivity index (χ0n) is 16.2. The third kappa shape index (κ3) is 2.70. The fourth-order valence-corrected chi connectivity index (χ4v) is 8.52. The summed E-state index contributed by atoms with van der Waals surface area (Å²) in [5.41, 5.74) is 0.741. The number of carbonyl (C=O) groups excluding carboxylic acids is 1. The van der Waals surface area contributed by atoms with Crippen molar-refractivity contribution in [3.05, 3.63) is 0 Å². The van der Waals surface area contributed by atoms with Crippen LogP contribution in [-0.4, -0.2) is 24.3 Å². The van der Waals surface area contributed by atoms with Crippen LogP contribution in [0.5, 0.6) is 0 Å². The van der Waals surface area contributed by atoms with Crippen molar-refractivity contribution in [2.45, 2.75) is 77.7 Å². The lowest BCUT2D eigenvalue weighted by atomic mass is 9.44. The van der Waals surface area contributed by atoms with Gasteiger partial charge < -0.3 is 4.74 Å². The summed E-state index contributed by atoms with van der Waals surface area (Å²) in [6, 6.07) is 0. The van der Waals surface area contributed by atoms with E-state index in [9.17, 15) is 4.79 Å². The molecule has 0 aromatic rings. The van der Waals surface area contributed by atoms with Gasteiger partial charge in [-0.2, -0.15) is 0 Å². The van der Waals surface area contributed by atoms with Gasteiger partial charge in [-0.3, -0.25) is 4.79 Å². The van der Waals surface area contributed by atoms with Gasteiger partial charge in [0.15, 0.2) is 0 Å². The summed E-state index contributed by atoms with van der Waals surface area (Å²) in [6.45, 7) is 5.05. The second-order valence-electron chi connectivity index (χ2n) is 10.1. The van der Waals surface area contributed by atoms with Crippen LogP contribution in [0.1, 0.15) is 71.6 Å². The van der Waals surface area contributed by atoms with Gasteiger partial charge in [-0.1, -0.05) is 29.8 Å². The van der Waals surface area contributed by atoms with Gasteiger partial charge in [0.25, 0.3) is 0 Å². The molecule has 0 amide bonds. The maximum atomic E-state index is 12.5. The molecule has 4 saturated carbocycles. The number of alkyl halides is 1. The van der Waals surface area contributed by atoms with Gasteiger partial charge in [0.05, 0.1) is 11.4 Å². The number of halogens is 1. The zero-order valence-corrected chi connectivity index (χ0v) is 17.8. The highest BCUT2D eigenvalue weighted by Gasteiger charge is 2.61. The van der Waals surface area contributed by atoms with Crippen molar-refractivity contribution >= 4 is 21.7 Å². The highest BCUT2D eigenvalue weighted by Crippen LogP contribution is 2.67. The van der Waals surface area contributed by atoms with Crippen LogP contribution in [0.3, 0.4) is 0 Å². The van der Waals surface area contributed by atoms with Gasteiger partial charge in [0.2, 0.25) is 0 Å². The third-order valence-corrected chi connectivity index (χ3v) is 9.98. The molecule has 3 heteroatoms. The van der Waals surface area contributed by atoms with E-state index in [1.165, 1.54) is 51.4 Å². The molecule has 4 rings (SSSR count). The van der Waals surface area contributed by atoms with Crippen molar-refractivity contribution in [3.8, 4) is 0 Å². The maximum Gasteiger partial charge on any atom is 0.147 e. The Kier molecular flexibility index (Phi) is 4.89. The summed E-state index contributed by atoms with van der Waals surface area (Å²) >= 11 is 3.44. The summed E-state index contributed by atoms with van der Waals surface area (Å²) in [4.78, 5) is 12.5. The standard InChI is InChI=1S/C22H35BrO2/c1-21-11-10-18-16(17(21)8-9-19(21)20(24)13-23)7-5-14-4-6-15(25-3)12-22(14,18)2/h14-19H,4-13H2,1-3H3. The Morgan fingerprint density at radius 1 is 1.00 bits per heavy atom. The second kappa shape index (κ2) is 6.62. The van der Waals surface area contributed by atoms with E-state index in [0.717, 1.165) is 30.1 Å². The quantitative estimate of drug-likeness (QED) is 0.563. The summed E-state index contributed by atoms with van der Waals surface area (Å²) in [7, 11) is 1.90. The maximum absolute atomic E-state index is 12.5. The molecule has 8 unspecified atom stereocenters. The minimum absolute atomic E-state index is 0.268. The summed E-state index contributed by atoms with van der Waals surface area (Å²) < 4.78 is 5.80. The lowest BCUT2D eigenvalue weighted by Crippen LogP contribution is -2.54. The largest absolute Gasteiger partial charge is 0.381 e. The smallest absolute Gasteiger partial charge is 0.147 e. The number of carbonyl (C=O) groups is 1. The van der Waals surface area contributed by atoms with Crippen LogP contribution in [0.25, 0.3) is 0 Å². The molecule has 0 aromatic carbocycles. The monoisotopic (exact) mass is 410 g/mol. The first kappa shape index (κ1) is 18.5. The molecular weight excluding hydrogens is 376 g/mol. The highest BCUT2D eigenvalue weighted by molar-refractivity contribution is 9.09. The molecule has 8 atom stereocenters. The van der Waals surface area contributed by atoms with E-state index < -0.39 is 0 Å². The minimum atomic E-state index is 0.268. The number of hydrogen-bond donors (Lipinski definition) is 0. The third-order valence-electron chi connectivity index (χ3n) is 9.42. The lowest BCUT2D eigenvalue weighted by Gasteiger charge is -2.61. The van der Waals surface area contributed by atoms with Crippen molar-refractivity contribution < 1.29 is 9.53 Å². The second-order valence-corrected chi connectivity index (χ2v) is 10.6. The number of rotatable bonds is 3. The summed E-state index contributed by atoms with van der Waals surface area (Å²) in [5.74, 6) is 4.16. The van der Waals surface area contributed by atoms with E-state index in [-0.39, 0.29) is 5.41 Å². The molecule has 25 heavy (non-hydrogen) atoms. The molecule has 0 N–H and O–H groups in total. The summed E-state index contributed by atoms with van der Waals surface area (Å²) in [6.07, 6.45) is 12.2. The topological polar surface area (TPSA) is 26.3 Å². The Hall–Kier alpha value is 0.110. The van der Waals surface area contributed by atoms with Crippen LogP contribution < -0.4 is 0 Å². The van der Waals surface area contributed by atoms with E-state index in [1.54, 1.807) is 0 Å². The highest BCUT2D eigenvalue weighted by atomic mass is 79.9. The Labute approximate surface area is 162 Å². The van der Waals surface area contributed by atoms with Crippen LogP contribution in [0.4, 0.5) is 0 Å². The van der Waals surface area contributed by atoms with E-state index in [2.05, 4.69) is 29.8 Å². The Morgan fingerprint density at radius 3 is 2.44 bits per heavy atom. The molecule has 0 spiro atoms. The number of Topliss-reactive ketones (excluding diaryl/α,β-unsaturated/α-hetero) is 1. The first-order valence-corrected chi connectivity index (χ1v) is 11.7. The molecule has 142 valence electrons. The molecule has 0 aromatic heterocycles. The number of ether oxygens (including phenoxy) is 1. The van der Waals surface area contributed by atoms with Gasteiger partial charge in [0, 0.05) is 13.0 Å². The summed E-state index contributed by atoms with van der Waals surface area (Å²) in [5, 5.41) is 0.545. The predicted octanol–water partition coefficient (Wildman–Crippen LogP) is 5.62. The minimum Gasteiger partial charge on any atom is -0.381 e. The molecule has 2 nitrogen and oxygen atoms in total. The molecule has 0 bridgehead atoms. The predicted molar refractivity (Wildman–Crippen MR) is 105 cm³/mol. The van der Waals surface area contributed by atoms with E-state index >= 15 is 0 Å². The van der Waals surface area contributed by atoms with Crippen LogP contribution in [0.2, 0.25) is 0 Å². The molecule has 4 aliphatic rings. The molecule has 0 heterocycles. The Bertz CT molecular complexity index is 534. The van der Waals surface area contributed by atoms with Crippen LogP contribution in [0.15, 0.2) is 0 Å². The van der Waals surface area contributed by atoms with E-state index in [0.29, 0.717) is 28.6 Å². The first-order valence-electron chi connectivity index (χ1n) is 10.6. The van der Waals surface area contributed by atoms with Crippen molar-refractivity contribution in [2.75, 3.05) is 12.4 Å². The molecule has 0 saturated heterocycles. The van der Waals surface area contributed by atoms with Crippen molar-refractivity contribution in [3.63, 3.8) is 0 Å². The van der Waals surface area contributed by atoms with Crippen LogP contribution in [-0.2, 0) is 9.53 Å². The van der Waals surface area contributed by atoms with Crippen molar-refractivity contribution in [1.29, 1.82) is 0 Å². The average Bonchev–Trinajstić information content (AvgIpc) is 2.97. The number of fused-ring (bicyclic) bond motifs is 5. The van der Waals surface area contributed by atoms with Gasteiger partial charge in [-0.25, -0.2) is 0 Å².